The van der Waals surface area contributed by atoms with Crippen molar-refractivity contribution in [2.75, 3.05) is 0 Å². The van der Waals surface area contributed by atoms with E-state index in [0.29, 0.717) is 23.3 Å². The van der Waals surface area contributed by atoms with Crippen LogP contribution in [-0.2, 0) is 9.59 Å². The molecule has 2 heterocycles. The molecule has 0 aromatic heterocycles. The van der Waals surface area contributed by atoms with Gasteiger partial charge in [0.05, 0.1) is 17.9 Å². The van der Waals surface area contributed by atoms with Gasteiger partial charge >= 0.3 is 11.9 Å². The third-order valence-electron chi connectivity index (χ3n) is 5.83. The fourth-order valence-electron chi connectivity index (χ4n) is 4.17. The van der Waals surface area contributed by atoms with E-state index in [-0.39, 0.29) is 29.3 Å². The zero-order chi connectivity index (χ0) is 23.1. The number of ketones is 1. The second-order valence-corrected chi connectivity index (χ2v) is 8.88. The van der Waals surface area contributed by atoms with Crippen molar-refractivity contribution in [3.8, 4) is 17.2 Å². The van der Waals surface area contributed by atoms with Crippen molar-refractivity contribution in [2.24, 2.45) is 5.92 Å². The van der Waals surface area contributed by atoms with Gasteiger partial charge in [0.25, 0.3) is 0 Å². The molecule has 0 saturated heterocycles. The molecule has 1 N–H and O–H groups in total. The first-order valence-corrected chi connectivity index (χ1v) is 10.7. The molecule has 0 amide bonds. The average molecular weight is 430 g/mol. The van der Waals surface area contributed by atoms with Crippen LogP contribution in [0.2, 0.25) is 0 Å². The topological polar surface area (TPSA) is 99.1 Å². The van der Waals surface area contributed by atoms with Crippen molar-refractivity contribution in [3.05, 3.63) is 22.8 Å². The monoisotopic (exact) mass is 430 g/mol. The summed E-state index contributed by atoms with van der Waals surface area (Å²) in [7, 11) is 0. The maximum Gasteiger partial charge on any atom is 0.308 e. The Hall–Kier alpha value is -2.83. The molecule has 3 unspecified atom stereocenters. The molecule has 7 heteroatoms. The number of carbonyl (C=O) groups is 3. The third-order valence-corrected chi connectivity index (χ3v) is 5.83. The summed E-state index contributed by atoms with van der Waals surface area (Å²) in [5.41, 5.74) is 0.554. The minimum Gasteiger partial charge on any atom is -0.489 e. The van der Waals surface area contributed by atoms with Gasteiger partial charge in [-0.05, 0) is 39.3 Å². The summed E-state index contributed by atoms with van der Waals surface area (Å²) in [5.74, 6) is -1.77. The van der Waals surface area contributed by atoms with Gasteiger partial charge in [0.2, 0.25) is 0 Å². The molecule has 0 fully saturated rings. The number of rotatable bonds is 6. The van der Waals surface area contributed by atoms with E-state index < -0.39 is 35.5 Å². The predicted molar refractivity (Wildman–Crippen MR) is 115 cm³/mol. The van der Waals surface area contributed by atoms with Crippen molar-refractivity contribution >= 4 is 23.8 Å². The van der Waals surface area contributed by atoms with E-state index >= 15 is 0 Å². The molecule has 0 saturated carbocycles. The fraction of sp³-hybridized carbons (Fsp3) is 0.542. The number of Topliss-reactive ketones (excluding diaryl/α,β-unsaturated/α-hetero) is 1. The van der Waals surface area contributed by atoms with Crippen LogP contribution in [0.25, 0.3) is 6.08 Å². The van der Waals surface area contributed by atoms with Gasteiger partial charge in [-0.3, -0.25) is 14.4 Å². The molecule has 7 nitrogen and oxygen atoms in total. The molecule has 168 valence electrons. The largest absolute Gasteiger partial charge is 0.489 e. The number of hydrogen-bond donors (Lipinski definition) is 1. The lowest BCUT2D eigenvalue weighted by molar-refractivity contribution is -0.137. The number of esters is 1. The number of ether oxygens (including phenoxy) is 3. The van der Waals surface area contributed by atoms with E-state index in [1.807, 2.05) is 26.8 Å². The minimum absolute atomic E-state index is 0.113. The first-order valence-electron chi connectivity index (χ1n) is 10.7. The van der Waals surface area contributed by atoms with Gasteiger partial charge in [-0.15, -0.1) is 0 Å². The zero-order valence-corrected chi connectivity index (χ0v) is 18.9. The van der Waals surface area contributed by atoms with E-state index in [2.05, 4.69) is 0 Å². The highest BCUT2D eigenvalue weighted by Crippen LogP contribution is 2.54. The van der Waals surface area contributed by atoms with Gasteiger partial charge < -0.3 is 19.3 Å². The molecule has 3 rings (SSSR count). The highest BCUT2D eigenvalue weighted by atomic mass is 16.5. The first-order chi connectivity index (χ1) is 14.5. The molecular formula is C24H30O7. The Balaban J connectivity index is 2.41. The SMILES string of the molecule is CCCC(CC(=O)O)c1c2c(c(OC(C)=O)c3c1OC(C)C(C)C3=O)C=CC(C)(C)O2. The maximum atomic E-state index is 13.3. The summed E-state index contributed by atoms with van der Waals surface area (Å²) < 4.78 is 18.0. The third kappa shape index (κ3) is 4.31. The normalized spacial score (nSPS) is 21.9. The molecule has 2 aliphatic rings. The van der Waals surface area contributed by atoms with Crippen LogP contribution in [0.15, 0.2) is 6.08 Å². The molecule has 31 heavy (non-hydrogen) atoms. The van der Waals surface area contributed by atoms with Gasteiger partial charge in [0.15, 0.2) is 11.5 Å². The Bertz CT molecular complexity index is 957. The Kier molecular flexibility index (Phi) is 6.16. The highest BCUT2D eigenvalue weighted by Gasteiger charge is 2.42. The second kappa shape index (κ2) is 8.36. The van der Waals surface area contributed by atoms with Crippen LogP contribution in [0.4, 0.5) is 0 Å². The summed E-state index contributed by atoms with van der Waals surface area (Å²) in [5, 5.41) is 9.57. The number of benzene rings is 1. The van der Waals surface area contributed by atoms with Crippen LogP contribution in [0.5, 0.6) is 17.2 Å². The van der Waals surface area contributed by atoms with E-state index in [4.69, 9.17) is 14.2 Å². The summed E-state index contributed by atoms with van der Waals surface area (Å²) in [6.07, 6.45) is 4.38. The van der Waals surface area contributed by atoms with Crippen LogP contribution in [0.1, 0.15) is 88.2 Å². The average Bonchev–Trinajstić information content (AvgIpc) is 2.64. The smallest absolute Gasteiger partial charge is 0.308 e. The van der Waals surface area contributed by atoms with E-state index in [0.717, 1.165) is 6.42 Å². The Labute approximate surface area is 182 Å². The summed E-state index contributed by atoms with van der Waals surface area (Å²) in [4.78, 5) is 36.9. The quantitative estimate of drug-likeness (QED) is 0.513. The molecule has 2 aliphatic heterocycles. The number of carbonyl (C=O) groups excluding carboxylic acids is 2. The maximum absolute atomic E-state index is 13.3. The van der Waals surface area contributed by atoms with Crippen molar-refractivity contribution in [1.82, 2.24) is 0 Å². The second-order valence-electron chi connectivity index (χ2n) is 8.88. The number of fused-ring (bicyclic) bond motifs is 2. The minimum atomic E-state index is -0.945. The van der Waals surface area contributed by atoms with Crippen LogP contribution in [0.3, 0.4) is 0 Å². The van der Waals surface area contributed by atoms with Gasteiger partial charge in [-0.1, -0.05) is 20.3 Å². The Morgan fingerprint density at radius 3 is 2.52 bits per heavy atom. The van der Waals surface area contributed by atoms with Crippen LogP contribution >= 0.6 is 0 Å². The predicted octanol–water partition coefficient (Wildman–Crippen LogP) is 4.75. The number of hydrogen-bond acceptors (Lipinski definition) is 6. The van der Waals surface area contributed by atoms with Gasteiger partial charge in [0.1, 0.15) is 28.8 Å². The Morgan fingerprint density at radius 1 is 1.26 bits per heavy atom. The fourth-order valence-corrected chi connectivity index (χ4v) is 4.17. The zero-order valence-electron chi connectivity index (χ0n) is 18.9. The lowest BCUT2D eigenvalue weighted by atomic mass is 9.81. The molecule has 0 spiro atoms. The molecule has 0 bridgehead atoms. The molecule has 1 aromatic carbocycles. The van der Waals surface area contributed by atoms with Crippen molar-refractivity contribution in [3.63, 3.8) is 0 Å². The van der Waals surface area contributed by atoms with E-state index in [9.17, 15) is 19.5 Å². The number of carboxylic acid groups (broad SMARTS) is 1. The summed E-state index contributed by atoms with van der Waals surface area (Å²) in [6.45, 7) is 10.6. The van der Waals surface area contributed by atoms with E-state index in [1.165, 1.54) is 6.92 Å². The molecule has 0 aliphatic carbocycles. The lowest BCUT2D eigenvalue weighted by Crippen LogP contribution is -2.36. The van der Waals surface area contributed by atoms with Gasteiger partial charge in [0, 0.05) is 18.4 Å². The standard InChI is InChI=1S/C24H30O7/c1-7-8-15(11-17(26)27)18-22-16(9-10-24(5,6)31-22)21(30-14(4)25)19-20(28)12(2)13(3)29-23(18)19/h9-10,12-13,15H,7-8,11H2,1-6H3,(H,26,27). The molecule has 0 radical (unpaired) electrons. The van der Waals surface area contributed by atoms with Crippen LogP contribution in [0, 0.1) is 5.92 Å². The Morgan fingerprint density at radius 2 is 1.94 bits per heavy atom. The van der Waals surface area contributed by atoms with Gasteiger partial charge in [-0.2, -0.15) is 0 Å². The van der Waals surface area contributed by atoms with Gasteiger partial charge in [-0.25, -0.2) is 0 Å². The van der Waals surface area contributed by atoms with E-state index in [1.54, 1.807) is 19.9 Å². The first kappa shape index (κ1) is 22.8. The van der Waals surface area contributed by atoms with Crippen molar-refractivity contribution in [2.45, 2.75) is 78.4 Å². The number of carboxylic acids is 1. The van der Waals surface area contributed by atoms with Crippen molar-refractivity contribution in [1.29, 1.82) is 0 Å². The molecule has 3 atom stereocenters. The summed E-state index contributed by atoms with van der Waals surface area (Å²) >= 11 is 0. The van der Waals surface area contributed by atoms with Crippen LogP contribution < -0.4 is 14.2 Å². The van der Waals surface area contributed by atoms with Crippen LogP contribution in [-0.4, -0.2) is 34.5 Å². The molecular weight excluding hydrogens is 400 g/mol. The lowest BCUT2D eigenvalue weighted by Gasteiger charge is -2.37. The highest BCUT2D eigenvalue weighted by molar-refractivity contribution is 6.07. The molecule has 1 aromatic rings. The summed E-state index contributed by atoms with van der Waals surface area (Å²) in [6, 6.07) is 0. The number of aliphatic carboxylic acids is 1. The van der Waals surface area contributed by atoms with Crippen molar-refractivity contribution < 1.29 is 33.7 Å².